The van der Waals surface area contributed by atoms with Crippen LogP contribution in [0.5, 0.6) is 23.0 Å². The van der Waals surface area contributed by atoms with Crippen LogP contribution >= 0.6 is 31.9 Å². The van der Waals surface area contributed by atoms with Crippen LogP contribution in [0.15, 0.2) is 91.9 Å². The van der Waals surface area contributed by atoms with Crippen LogP contribution in [0.3, 0.4) is 0 Å². The molecule has 2 aliphatic heterocycles. The maximum atomic E-state index is 12.4. The Morgan fingerprint density at radius 1 is 0.593 bits per heavy atom. The Kier molecular flexibility index (Phi) is 13.2. The zero-order valence-corrected chi connectivity index (χ0v) is 34.7. The highest BCUT2D eigenvalue weighted by atomic mass is 79.9. The topological polar surface area (TPSA) is 126 Å². The van der Waals surface area contributed by atoms with Crippen molar-refractivity contribution in [3.05, 3.63) is 115 Å². The standard InChI is InChI=1S/2C20H22BrN3O3/c2*1-12-9-14-10-17(26-3)18(27-4)11-16(14)19(23-24(12)20(25)22-2)13-5-7-15(21)8-6-13/h2*5-8,10-12H,9H2,1-4H3,(H,22,25)/t2*12-/m10/s1. The first-order chi connectivity index (χ1) is 26.0. The summed E-state index contributed by atoms with van der Waals surface area (Å²) in [6.45, 7) is 3.95. The van der Waals surface area contributed by atoms with Gasteiger partial charge in [0.05, 0.1) is 51.9 Å². The Bertz CT molecular complexity index is 1910. The fourth-order valence-electron chi connectivity index (χ4n) is 6.31. The number of hydrogen-bond acceptors (Lipinski definition) is 8. The summed E-state index contributed by atoms with van der Waals surface area (Å²) in [7, 11) is 9.66. The van der Waals surface area contributed by atoms with E-state index in [1.165, 1.54) is 10.0 Å². The van der Waals surface area contributed by atoms with Gasteiger partial charge in [-0.05, 0) is 86.3 Å². The predicted octanol–water partition coefficient (Wildman–Crippen LogP) is 7.61. The minimum atomic E-state index is -0.246. The lowest BCUT2D eigenvalue weighted by Crippen LogP contribution is -2.41. The molecule has 0 saturated heterocycles. The molecule has 4 amide bonds. The fourth-order valence-corrected chi connectivity index (χ4v) is 6.84. The molecule has 6 rings (SSSR count). The lowest BCUT2D eigenvalue weighted by Gasteiger charge is -2.22. The molecule has 0 saturated carbocycles. The van der Waals surface area contributed by atoms with Gasteiger partial charge in [0, 0.05) is 45.3 Å². The molecule has 14 heteroatoms. The molecule has 4 aromatic rings. The van der Waals surface area contributed by atoms with Crippen LogP contribution in [0.25, 0.3) is 0 Å². The molecule has 4 aromatic carbocycles. The number of carbonyl (C=O) groups is 2. The summed E-state index contributed by atoms with van der Waals surface area (Å²) in [6.07, 6.45) is 1.29. The Morgan fingerprint density at radius 3 is 1.20 bits per heavy atom. The van der Waals surface area contributed by atoms with Crippen LogP contribution in [-0.4, -0.2) is 88.1 Å². The van der Waals surface area contributed by atoms with Gasteiger partial charge in [-0.2, -0.15) is 10.2 Å². The second kappa shape index (κ2) is 17.8. The molecule has 2 N–H and O–H groups in total. The number of fused-ring (bicyclic) bond motifs is 2. The number of halogens is 2. The van der Waals surface area contributed by atoms with Crippen molar-refractivity contribution in [1.29, 1.82) is 0 Å². The smallest absolute Gasteiger partial charge is 0.337 e. The number of benzene rings is 4. The molecular formula is C40H44Br2N6O6. The molecule has 284 valence electrons. The number of amides is 4. The predicted molar refractivity (Wildman–Crippen MR) is 218 cm³/mol. The first-order valence-electron chi connectivity index (χ1n) is 17.2. The molecule has 0 unspecified atom stereocenters. The number of nitrogens with one attached hydrogen (secondary N) is 2. The van der Waals surface area contributed by atoms with Crippen LogP contribution in [0, 0.1) is 0 Å². The third kappa shape index (κ3) is 8.65. The number of carbonyl (C=O) groups excluding carboxylic acids is 2. The summed E-state index contributed by atoms with van der Waals surface area (Å²) >= 11 is 6.93. The minimum Gasteiger partial charge on any atom is -0.493 e. The van der Waals surface area contributed by atoms with Crippen molar-refractivity contribution in [3.8, 4) is 23.0 Å². The monoisotopic (exact) mass is 862 g/mol. The highest BCUT2D eigenvalue weighted by Crippen LogP contribution is 2.36. The summed E-state index contributed by atoms with van der Waals surface area (Å²) in [5.41, 5.74) is 7.20. The largest absolute Gasteiger partial charge is 0.493 e. The SMILES string of the molecule is CNC(=O)N1N=C(c2ccc(Br)cc2)c2cc(OC)c(OC)cc2C[C@@H]1C.CNC(=O)N1N=C(c2ccc(Br)cc2)c2cc(OC)c(OC)cc2C[C@H]1C. The number of hydrogen-bond donors (Lipinski definition) is 2. The van der Waals surface area contributed by atoms with Crippen LogP contribution in [0.2, 0.25) is 0 Å². The molecule has 0 aliphatic carbocycles. The maximum absolute atomic E-state index is 12.4. The van der Waals surface area contributed by atoms with E-state index >= 15 is 0 Å². The van der Waals surface area contributed by atoms with Gasteiger partial charge in [0.2, 0.25) is 0 Å². The van der Waals surface area contributed by atoms with Gasteiger partial charge in [0.1, 0.15) is 0 Å². The normalized spacial score (nSPS) is 16.1. The first kappa shape index (κ1) is 40.1. The Labute approximate surface area is 332 Å². The molecule has 0 bridgehead atoms. The number of rotatable bonds is 6. The van der Waals surface area contributed by atoms with Gasteiger partial charge in [-0.1, -0.05) is 56.1 Å². The van der Waals surface area contributed by atoms with Gasteiger partial charge >= 0.3 is 12.1 Å². The van der Waals surface area contributed by atoms with Crippen molar-refractivity contribution in [1.82, 2.24) is 20.7 Å². The van der Waals surface area contributed by atoms with E-state index in [1.807, 2.05) is 86.6 Å². The van der Waals surface area contributed by atoms with Crippen molar-refractivity contribution in [3.63, 3.8) is 0 Å². The molecule has 12 nitrogen and oxygen atoms in total. The summed E-state index contributed by atoms with van der Waals surface area (Å²) < 4.78 is 23.9. The average Bonchev–Trinajstić information content (AvgIpc) is 3.42. The quantitative estimate of drug-likeness (QED) is 0.206. The summed E-state index contributed by atoms with van der Waals surface area (Å²) in [5.74, 6) is 2.57. The van der Waals surface area contributed by atoms with E-state index in [-0.39, 0.29) is 24.1 Å². The van der Waals surface area contributed by atoms with Crippen LogP contribution in [0.4, 0.5) is 9.59 Å². The first-order valence-corrected chi connectivity index (χ1v) is 18.8. The summed E-state index contributed by atoms with van der Waals surface area (Å²) in [4.78, 5) is 24.8. The zero-order valence-electron chi connectivity index (χ0n) is 31.5. The van der Waals surface area contributed by atoms with Gasteiger partial charge in [0.15, 0.2) is 23.0 Å². The highest BCUT2D eigenvalue weighted by Gasteiger charge is 2.30. The number of hydrazone groups is 2. The van der Waals surface area contributed by atoms with E-state index in [0.29, 0.717) is 47.3 Å². The van der Waals surface area contributed by atoms with Gasteiger partial charge < -0.3 is 29.6 Å². The lowest BCUT2D eigenvalue weighted by molar-refractivity contribution is 0.184. The molecule has 0 radical (unpaired) electrons. The second-order valence-corrected chi connectivity index (χ2v) is 14.4. The van der Waals surface area contributed by atoms with Crippen molar-refractivity contribution in [2.24, 2.45) is 10.2 Å². The van der Waals surface area contributed by atoms with E-state index in [0.717, 1.165) is 42.3 Å². The maximum Gasteiger partial charge on any atom is 0.337 e. The second-order valence-electron chi connectivity index (χ2n) is 12.5. The van der Waals surface area contributed by atoms with Crippen molar-refractivity contribution < 1.29 is 28.5 Å². The molecular weight excluding hydrogens is 820 g/mol. The van der Waals surface area contributed by atoms with E-state index < -0.39 is 0 Å². The van der Waals surface area contributed by atoms with Gasteiger partial charge in [0.25, 0.3) is 0 Å². The van der Waals surface area contributed by atoms with E-state index in [9.17, 15) is 9.59 Å². The molecule has 0 aromatic heterocycles. The molecule has 0 fully saturated rings. The minimum absolute atomic E-state index is 0.116. The van der Waals surface area contributed by atoms with Crippen molar-refractivity contribution in [2.45, 2.75) is 38.8 Å². The van der Waals surface area contributed by atoms with Gasteiger partial charge in [-0.15, -0.1) is 0 Å². The van der Waals surface area contributed by atoms with Gasteiger partial charge in [-0.3, -0.25) is 0 Å². The van der Waals surface area contributed by atoms with E-state index in [4.69, 9.17) is 29.2 Å². The molecule has 2 heterocycles. The summed E-state index contributed by atoms with van der Waals surface area (Å²) in [5, 5.41) is 17.8. The highest BCUT2D eigenvalue weighted by molar-refractivity contribution is 9.10. The van der Waals surface area contributed by atoms with Crippen LogP contribution in [0.1, 0.15) is 47.2 Å². The number of ether oxygens (including phenoxy) is 4. The lowest BCUT2D eigenvalue weighted by atomic mass is 9.94. The van der Waals surface area contributed by atoms with Gasteiger partial charge in [-0.25, -0.2) is 19.6 Å². The van der Waals surface area contributed by atoms with E-state index in [1.54, 1.807) is 42.5 Å². The summed E-state index contributed by atoms with van der Waals surface area (Å²) in [6, 6.07) is 22.8. The molecule has 0 spiro atoms. The van der Waals surface area contributed by atoms with E-state index in [2.05, 4.69) is 42.5 Å². The van der Waals surface area contributed by atoms with Crippen molar-refractivity contribution in [2.75, 3.05) is 42.5 Å². The number of methoxy groups -OCH3 is 4. The third-order valence-electron chi connectivity index (χ3n) is 9.09. The average molecular weight is 865 g/mol. The molecule has 2 atom stereocenters. The third-order valence-corrected chi connectivity index (χ3v) is 10.1. The fraction of sp³-hybridized carbons (Fsp3) is 0.300. The number of nitrogens with zero attached hydrogens (tertiary/aromatic N) is 4. The zero-order chi connectivity index (χ0) is 39.1. The van der Waals surface area contributed by atoms with Crippen molar-refractivity contribution >= 4 is 55.3 Å². The molecule has 2 aliphatic rings. The van der Waals surface area contributed by atoms with Crippen LogP contribution in [-0.2, 0) is 12.8 Å². The number of urea groups is 2. The Balaban J connectivity index is 0.000000208. The Hall–Kier alpha value is -5.08. The van der Waals surface area contributed by atoms with Crippen LogP contribution < -0.4 is 29.6 Å². The Morgan fingerprint density at radius 2 is 0.907 bits per heavy atom. The molecule has 54 heavy (non-hydrogen) atoms.